The van der Waals surface area contributed by atoms with Crippen molar-refractivity contribution in [1.29, 1.82) is 0 Å². The van der Waals surface area contributed by atoms with Crippen molar-refractivity contribution in [2.45, 2.75) is 0 Å². The molecule has 2 aromatic heterocycles. The SMILES string of the molecule is c1ccc(-c2ccc(N(c3ccc4oc5ccccc5c4c3)c3cccc4c3oc3c5ccccc5ccc43)c3ccccc23)cc1. The summed E-state index contributed by atoms with van der Waals surface area (Å²) in [6.45, 7) is 0. The number of nitrogens with zero attached hydrogens (tertiary/aromatic N) is 1. The van der Waals surface area contributed by atoms with Crippen molar-refractivity contribution in [3.63, 3.8) is 0 Å². The van der Waals surface area contributed by atoms with Gasteiger partial charge in [0.2, 0.25) is 0 Å². The second-order valence-electron chi connectivity index (χ2n) is 12.1. The van der Waals surface area contributed by atoms with Crippen LogP contribution in [0, 0.1) is 0 Å². The highest BCUT2D eigenvalue weighted by molar-refractivity contribution is 6.18. The topological polar surface area (TPSA) is 29.5 Å². The minimum Gasteiger partial charge on any atom is -0.456 e. The minimum absolute atomic E-state index is 0.854. The van der Waals surface area contributed by atoms with Crippen LogP contribution in [0.1, 0.15) is 0 Å². The fraction of sp³-hybridized carbons (Fsp3) is 0. The van der Waals surface area contributed by atoms with E-state index in [1.165, 1.54) is 16.5 Å². The summed E-state index contributed by atoms with van der Waals surface area (Å²) in [5, 5.41) is 9.01. The Balaban J connectivity index is 1.30. The van der Waals surface area contributed by atoms with Gasteiger partial charge in [-0.1, -0.05) is 121 Å². The van der Waals surface area contributed by atoms with Crippen LogP contribution in [0.4, 0.5) is 17.1 Å². The van der Waals surface area contributed by atoms with Crippen LogP contribution in [0.3, 0.4) is 0 Å². The molecule has 10 rings (SSSR count). The summed E-state index contributed by atoms with van der Waals surface area (Å²) in [4.78, 5) is 2.35. The van der Waals surface area contributed by atoms with E-state index in [4.69, 9.17) is 8.83 Å². The summed E-state index contributed by atoms with van der Waals surface area (Å²) in [5.41, 5.74) is 8.99. The highest BCUT2D eigenvalue weighted by Crippen LogP contribution is 2.47. The summed E-state index contributed by atoms with van der Waals surface area (Å²) in [6.07, 6.45) is 0. The molecule has 220 valence electrons. The molecule has 0 unspecified atom stereocenters. The molecule has 0 spiro atoms. The third-order valence-corrected chi connectivity index (χ3v) is 9.45. The molecule has 0 N–H and O–H groups in total. The lowest BCUT2D eigenvalue weighted by Crippen LogP contribution is -2.11. The number of fused-ring (bicyclic) bond motifs is 9. The number of rotatable bonds is 4. The highest BCUT2D eigenvalue weighted by Gasteiger charge is 2.23. The van der Waals surface area contributed by atoms with Gasteiger partial charge < -0.3 is 13.7 Å². The maximum absolute atomic E-state index is 6.91. The molecule has 8 aromatic carbocycles. The normalized spacial score (nSPS) is 11.8. The third-order valence-electron chi connectivity index (χ3n) is 9.45. The first-order valence-electron chi connectivity index (χ1n) is 15.9. The van der Waals surface area contributed by atoms with Gasteiger partial charge in [-0.2, -0.15) is 0 Å². The molecule has 2 heterocycles. The van der Waals surface area contributed by atoms with E-state index in [1.807, 2.05) is 12.1 Å². The summed E-state index contributed by atoms with van der Waals surface area (Å²) < 4.78 is 13.2. The molecule has 0 aliphatic rings. The van der Waals surface area contributed by atoms with Gasteiger partial charge in [0.15, 0.2) is 5.58 Å². The van der Waals surface area contributed by atoms with Crippen LogP contribution in [-0.2, 0) is 0 Å². The largest absolute Gasteiger partial charge is 0.456 e. The van der Waals surface area contributed by atoms with E-state index in [0.717, 1.165) is 77.1 Å². The molecular formula is C44H27NO2. The molecule has 0 fully saturated rings. The van der Waals surface area contributed by atoms with Gasteiger partial charge in [0.1, 0.15) is 16.7 Å². The van der Waals surface area contributed by atoms with E-state index in [0.29, 0.717) is 0 Å². The number of anilines is 3. The van der Waals surface area contributed by atoms with E-state index in [9.17, 15) is 0 Å². The Morgan fingerprint density at radius 3 is 1.96 bits per heavy atom. The van der Waals surface area contributed by atoms with Crippen molar-refractivity contribution in [1.82, 2.24) is 0 Å². The summed E-state index contributed by atoms with van der Waals surface area (Å²) >= 11 is 0. The molecular weight excluding hydrogens is 574 g/mol. The lowest BCUT2D eigenvalue weighted by atomic mass is 9.96. The monoisotopic (exact) mass is 601 g/mol. The summed E-state index contributed by atoms with van der Waals surface area (Å²) in [7, 11) is 0. The van der Waals surface area contributed by atoms with Gasteiger partial charge in [-0.15, -0.1) is 0 Å². The van der Waals surface area contributed by atoms with Crippen LogP contribution in [0.2, 0.25) is 0 Å². The van der Waals surface area contributed by atoms with Gasteiger partial charge in [0.25, 0.3) is 0 Å². The Labute approximate surface area is 270 Å². The maximum atomic E-state index is 6.91. The zero-order chi connectivity index (χ0) is 30.9. The number of benzene rings is 8. The Morgan fingerprint density at radius 2 is 1.06 bits per heavy atom. The summed E-state index contributed by atoms with van der Waals surface area (Å²) in [6, 6.07) is 57.8. The third kappa shape index (κ3) is 3.93. The van der Waals surface area contributed by atoms with Crippen molar-refractivity contribution >= 4 is 82.5 Å². The average molecular weight is 602 g/mol. The lowest BCUT2D eigenvalue weighted by Gasteiger charge is -2.27. The van der Waals surface area contributed by atoms with Gasteiger partial charge in [-0.3, -0.25) is 0 Å². The molecule has 0 amide bonds. The minimum atomic E-state index is 0.854. The number of furan rings is 2. The summed E-state index contributed by atoms with van der Waals surface area (Å²) in [5.74, 6) is 0. The first-order valence-corrected chi connectivity index (χ1v) is 15.9. The van der Waals surface area contributed by atoms with Crippen molar-refractivity contribution < 1.29 is 8.83 Å². The Morgan fingerprint density at radius 1 is 0.362 bits per heavy atom. The Hall–Kier alpha value is -6.32. The number of para-hydroxylation sites is 2. The average Bonchev–Trinajstić information content (AvgIpc) is 3.71. The van der Waals surface area contributed by atoms with Crippen LogP contribution in [0.25, 0.3) is 76.5 Å². The zero-order valence-electron chi connectivity index (χ0n) is 25.4. The van der Waals surface area contributed by atoms with E-state index in [1.54, 1.807) is 0 Å². The van der Waals surface area contributed by atoms with Gasteiger partial charge in [0, 0.05) is 38.0 Å². The molecule has 0 bridgehead atoms. The molecule has 0 saturated carbocycles. The second kappa shape index (κ2) is 10.1. The van der Waals surface area contributed by atoms with Crippen LogP contribution < -0.4 is 4.90 Å². The van der Waals surface area contributed by atoms with Crippen molar-refractivity contribution in [3.8, 4) is 11.1 Å². The molecule has 0 saturated heterocycles. The highest BCUT2D eigenvalue weighted by atomic mass is 16.3. The van der Waals surface area contributed by atoms with Crippen molar-refractivity contribution in [2.75, 3.05) is 4.90 Å². The fourth-order valence-electron chi connectivity index (χ4n) is 7.30. The molecule has 47 heavy (non-hydrogen) atoms. The smallest absolute Gasteiger partial charge is 0.159 e. The second-order valence-corrected chi connectivity index (χ2v) is 12.1. The molecule has 3 nitrogen and oxygen atoms in total. The van der Waals surface area contributed by atoms with Gasteiger partial charge in [0.05, 0.1) is 11.4 Å². The van der Waals surface area contributed by atoms with Gasteiger partial charge in [-0.25, -0.2) is 0 Å². The molecule has 10 aromatic rings. The molecule has 0 aliphatic carbocycles. The van der Waals surface area contributed by atoms with Crippen LogP contribution in [-0.4, -0.2) is 0 Å². The van der Waals surface area contributed by atoms with E-state index in [2.05, 4.69) is 157 Å². The van der Waals surface area contributed by atoms with Crippen LogP contribution >= 0.6 is 0 Å². The van der Waals surface area contributed by atoms with E-state index >= 15 is 0 Å². The lowest BCUT2D eigenvalue weighted by molar-refractivity contribution is 0.669. The predicted octanol–water partition coefficient (Wildman–Crippen LogP) is 12.9. The van der Waals surface area contributed by atoms with Crippen molar-refractivity contribution in [3.05, 3.63) is 164 Å². The quantitative estimate of drug-likeness (QED) is 0.201. The maximum Gasteiger partial charge on any atom is 0.159 e. The van der Waals surface area contributed by atoms with E-state index < -0.39 is 0 Å². The standard InChI is InChI=1S/C44H27NO2/c1-2-11-28(12-3-1)31-24-25-39(34-16-7-6-15-33(31)34)45(30-22-26-42-38(27-30)35-17-8-9-20-41(35)46-42)40-19-10-18-36-37-23-21-29-13-4-5-14-32(29)43(37)47-44(36)40/h1-27H. The van der Waals surface area contributed by atoms with E-state index in [-0.39, 0.29) is 0 Å². The number of hydrogen-bond acceptors (Lipinski definition) is 3. The molecule has 0 aliphatic heterocycles. The molecule has 3 heteroatoms. The van der Waals surface area contributed by atoms with Gasteiger partial charge in [-0.05, 0) is 64.4 Å². The number of hydrogen-bond donors (Lipinski definition) is 0. The Bertz CT molecular complexity index is 2810. The predicted molar refractivity (Wildman–Crippen MR) is 196 cm³/mol. The van der Waals surface area contributed by atoms with Crippen LogP contribution in [0.15, 0.2) is 173 Å². The zero-order valence-corrected chi connectivity index (χ0v) is 25.4. The Kier molecular flexibility index (Phi) is 5.57. The van der Waals surface area contributed by atoms with Crippen LogP contribution in [0.5, 0.6) is 0 Å². The first-order chi connectivity index (χ1) is 23.3. The van der Waals surface area contributed by atoms with Gasteiger partial charge >= 0.3 is 0 Å². The molecule has 0 atom stereocenters. The first kappa shape index (κ1) is 26.0. The molecule has 0 radical (unpaired) electrons. The van der Waals surface area contributed by atoms with Crippen molar-refractivity contribution in [2.24, 2.45) is 0 Å². The fourth-order valence-corrected chi connectivity index (χ4v) is 7.30.